The minimum atomic E-state index is 0.0304. The van der Waals surface area contributed by atoms with Crippen molar-refractivity contribution in [3.8, 4) is 0 Å². The van der Waals surface area contributed by atoms with Gasteiger partial charge in [0.25, 0.3) is 0 Å². The number of amides is 2. The van der Waals surface area contributed by atoms with Crippen LogP contribution in [0.3, 0.4) is 0 Å². The molecule has 2 atom stereocenters. The molecule has 0 aromatic rings. The lowest BCUT2D eigenvalue weighted by molar-refractivity contribution is -0.139. The monoisotopic (exact) mass is 195 g/mol. The zero-order chi connectivity index (χ0) is 10.1. The number of fused-ring (bicyclic) bond motifs is 1. The van der Waals surface area contributed by atoms with Crippen molar-refractivity contribution in [2.45, 2.75) is 39.0 Å². The maximum atomic E-state index is 11.8. The quantitative estimate of drug-likeness (QED) is 0.627. The number of rotatable bonds is 2. The van der Waals surface area contributed by atoms with Gasteiger partial charge in [-0.25, -0.2) is 0 Å². The topological polar surface area (TPSA) is 37.4 Å². The Morgan fingerprint density at radius 2 is 1.64 bits per heavy atom. The largest absolute Gasteiger partial charge is 0.282 e. The first-order valence-electron chi connectivity index (χ1n) is 5.61. The summed E-state index contributed by atoms with van der Waals surface area (Å²) >= 11 is 0. The molecule has 2 fully saturated rings. The van der Waals surface area contributed by atoms with Gasteiger partial charge in [-0.05, 0) is 19.3 Å². The van der Waals surface area contributed by atoms with Crippen molar-refractivity contribution in [2.24, 2.45) is 11.8 Å². The van der Waals surface area contributed by atoms with Gasteiger partial charge in [-0.15, -0.1) is 0 Å². The van der Waals surface area contributed by atoms with Gasteiger partial charge >= 0.3 is 0 Å². The highest BCUT2D eigenvalue weighted by Crippen LogP contribution is 2.37. The molecule has 0 aromatic carbocycles. The molecule has 2 amide bonds. The number of imide groups is 1. The summed E-state index contributed by atoms with van der Waals surface area (Å²) in [5.74, 6) is 0.258. The predicted molar refractivity (Wildman–Crippen MR) is 52.5 cm³/mol. The summed E-state index contributed by atoms with van der Waals surface area (Å²) in [6.45, 7) is 2.62. The molecule has 1 saturated heterocycles. The average molecular weight is 195 g/mol. The van der Waals surface area contributed by atoms with E-state index >= 15 is 0 Å². The zero-order valence-electron chi connectivity index (χ0n) is 8.66. The van der Waals surface area contributed by atoms with E-state index in [0.29, 0.717) is 6.54 Å². The molecule has 0 unspecified atom stereocenters. The summed E-state index contributed by atoms with van der Waals surface area (Å²) in [6, 6.07) is 0. The molecule has 0 aromatic heterocycles. The SMILES string of the molecule is CCCN1C(=O)[C@H]2CCCC[C@H]2C1=O. The van der Waals surface area contributed by atoms with Crippen LogP contribution in [0.4, 0.5) is 0 Å². The summed E-state index contributed by atoms with van der Waals surface area (Å²) in [5.41, 5.74) is 0. The maximum absolute atomic E-state index is 11.8. The Labute approximate surface area is 84.5 Å². The third-order valence-corrected chi connectivity index (χ3v) is 3.38. The molecule has 3 nitrogen and oxygen atoms in total. The minimum Gasteiger partial charge on any atom is -0.282 e. The summed E-state index contributed by atoms with van der Waals surface area (Å²) in [6.07, 6.45) is 4.95. The van der Waals surface area contributed by atoms with E-state index in [1.807, 2.05) is 6.92 Å². The fraction of sp³-hybridized carbons (Fsp3) is 0.818. The van der Waals surface area contributed by atoms with Crippen molar-refractivity contribution in [3.05, 3.63) is 0 Å². The molecule has 2 aliphatic rings. The van der Waals surface area contributed by atoms with Crippen LogP contribution in [0.1, 0.15) is 39.0 Å². The lowest BCUT2D eigenvalue weighted by atomic mass is 9.81. The van der Waals surface area contributed by atoms with E-state index in [9.17, 15) is 9.59 Å². The smallest absolute Gasteiger partial charge is 0.233 e. The normalized spacial score (nSPS) is 32.2. The third-order valence-electron chi connectivity index (χ3n) is 3.38. The van der Waals surface area contributed by atoms with E-state index in [0.717, 1.165) is 32.1 Å². The van der Waals surface area contributed by atoms with Gasteiger partial charge in [0.15, 0.2) is 0 Å². The molecular formula is C11H17NO2. The van der Waals surface area contributed by atoms with E-state index in [1.165, 1.54) is 4.90 Å². The first-order valence-corrected chi connectivity index (χ1v) is 5.61. The standard InChI is InChI=1S/C11H17NO2/c1-2-7-12-10(13)8-5-3-4-6-9(8)11(12)14/h8-9H,2-7H2,1H3/t8-,9+. The highest BCUT2D eigenvalue weighted by molar-refractivity contribution is 6.05. The molecule has 3 heteroatoms. The molecule has 0 spiro atoms. The molecule has 1 aliphatic heterocycles. The molecule has 1 aliphatic carbocycles. The fourth-order valence-electron chi connectivity index (χ4n) is 2.67. The van der Waals surface area contributed by atoms with Crippen LogP contribution in [0.5, 0.6) is 0 Å². The fourth-order valence-corrected chi connectivity index (χ4v) is 2.67. The van der Waals surface area contributed by atoms with Crippen LogP contribution in [-0.4, -0.2) is 23.3 Å². The van der Waals surface area contributed by atoms with Crippen LogP contribution >= 0.6 is 0 Å². The molecule has 1 saturated carbocycles. The van der Waals surface area contributed by atoms with Gasteiger partial charge in [0.05, 0.1) is 11.8 Å². The Bertz CT molecular complexity index is 238. The van der Waals surface area contributed by atoms with E-state index in [2.05, 4.69) is 0 Å². The van der Waals surface area contributed by atoms with Gasteiger partial charge in [0.1, 0.15) is 0 Å². The Hall–Kier alpha value is -0.860. The number of hydrogen-bond acceptors (Lipinski definition) is 2. The Kier molecular flexibility index (Phi) is 2.57. The Morgan fingerprint density at radius 1 is 1.14 bits per heavy atom. The number of nitrogens with zero attached hydrogens (tertiary/aromatic N) is 1. The van der Waals surface area contributed by atoms with E-state index in [-0.39, 0.29) is 23.7 Å². The summed E-state index contributed by atoms with van der Waals surface area (Å²) in [4.78, 5) is 25.2. The summed E-state index contributed by atoms with van der Waals surface area (Å²) in [5, 5.41) is 0. The second kappa shape index (κ2) is 3.71. The lowest BCUT2D eigenvalue weighted by Crippen LogP contribution is -2.31. The van der Waals surface area contributed by atoms with E-state index in [1.54, 1.807) is 0 Å². The van der Waals surface area contributed by atoms with Crippen molar-refractivity contribution < 1.29 is 9.59 Å². The van der Waals surface area contributed by atoms with Gasteiger partial charge in [0, 0.05) is 6.54 Å². The number of hydrogen-bond donors (Lipinski definition) is 0. The summed E-state index contributed by atoms with van der Waals surface area (Å²) < 4.78 is 0. The van der Waals surface area contributed by atoms with Crippen molar-refractivity contribution >= 4 is 11.8 Å². The molecule has 14 heavy (non-hydrogen) atoms. The van der Waals surface area contributed by atoms with Crippen LogP contribution < -0.4 is 0 Å². The molecule has 0 radical (unpaired) electrons. The van der Waals surface area contributed by atoms with Gasteiger partial charge in [0.2, 0.25) is 11.8 Å². The zero-order valence-corrected chi connectivity index (χ0v) is 8.66. The van der Waals surface area contributed by atoms with Gasteiger partial charge in [-0.2, -0.15) is 0 Å². The molecule has 0 bridgehead atoms. The number of carbonyl (C=O) groups is 2. The van der Waals surface area contributed by atoms with E-state index < -0.39 is 0 Å². The highest BCUT2D eigenvalue weighted by atomic mass is 16.2. The highest BCUT2D eigenvalue weighted by Gasteiger charge is 2.47. The molecule has 0 N–H and O–H groups in total. The van der Waals surface area contributed by atoms with Crippen LogP contribution in [0, 0.1) is 11.8 Å². The Balaban J connectivity index is 2.15. The van der Waals surface area contributed by atoms with Crippen LogP contribution in [0.15, 0.2) is 0 Å². The van der Waals surface area contributed by atoms with Gasteiger partial charge in [-0.1, -0.05) is 19.8 Å². The Morgan fingerprint density at radius 3 is 2.07 bits per heavy atom. The summed E-state index contributed by atoms with van der Waals surface area (Å²) in [7, 11) is 0. The van der Waals surface area contributed by atoms with Crippen molar-refractivity contribution in [2.75, 3.05) is 6.54 Å². The second-order valence-corrected chi connectivity index (χ2v) is 4.33. The molecule has 2 rings (SSSR count). The second-order valence-electron chi connectivity index (χ2n) is 4.33. The molecule has 78 valence electrons. The average Bonchev–Trinajstić information content (AvgIpc) is 2.45. The van der Waals surface area contributed by atoms with Crippen LogP contribution in [0.2, 0.25) is 0 Å². The predicted octanol–water partition coefficient (Wildman–Crippen LogP) is 1.57. The van der Waals surface area contributed by atoms with Gasteiger partial charge in [-0.3, -0.25) is 14.5 Å². The van der Waals surface area contributed by atoms with Crippen LogP contribution in [-0.2, 0) is 9.59 Å². The van der Waals surface area contributed by atoms with Gasteiger partial charge < -0.3 is 0 Å². The first-order chi connectivity index (χ1) is 6.75. The molecular weight excluding hydrogens is 178 g/mol. The van der Waals surface area contributed by atoms with Crippen molar-refractivity contribution in [3.63, 3.8) is 0 Å². The lowest BCUT2D eigenvalue weighted by Gasteiger charge is -2.19. The van der Waals surface area contributed by atoms with Crippen LogP contribution in [0.25, 0.3) is 0 Å². The third kappa shape index (κ3) is 1.35. The van der Waals surface area contributed by atoms with E-state index in [4.69, 9.17) is 0 Å². The number of likely N-dealkylation sites (tertiary alicyclic amines) is 1. The number of carbonyl (C=O) groups excluding carboxylic acids is 2. The van der Waals surface area contributed by atoms with Crippen molar-refractivity contribution in [1.82, 2.24) is 4.90 Å². The first kappa shape index (κ1) is 9.69. The molecule has 1 heterocycles. The minimum absolute atomic E-state index is 0.0304. The van der Waals surface area contributed by atoms with Crippen molar-refractivity contribution in [1.29, 1.82) is 0 Å². The maximum Gasteiger partial charge on any atom is 0.233 e.